The lowest BCUT2D eigenvalue weighted by Crippen LogP contribution is -2.32. The molecule has 28 heavy (non-hydrogen) atoms. The lowest BCUT2D eigenvalue weighted by Gasteiger charge is -2.18. The van der Waals surface area contributed by atoms with E-state index in [-0.39, 0.29) is 18.3 Å². The summed E-state index contributed by atoms with van der Waals surface area (Å²) in [5.41, 5.74) is 3.66. The minimum absolute atomic E-state index is 0. The SMILES string of the molecule is Cc1cc(-c2cc(C(=O)N3C[C@H]4CNC[C@H]4C3)c3c(C)noc3n2)c(C)s1.Cl. The van der Waals surface area contributed by atoms with Crippen molar-refractivity contribution in [3.05, 3.63) is 33.1 Å². The monoisotopic (exact) mass is 418 g/mol. The second-order valence-electron chi connectivity index (χ2n) is 7.72. The van der Waals surface area contributed by atoms with E-state index in [0.717, 1.165) is 42.8 Å². The van der Waals surface area contributed by atoms with Crippen LogP contribution in [-0.4, -0.2) is 47.1 Å². The number of carbonyl (C=O) groups is 1. The molecule has 1 N–H and O–H groups in total. The van der Waals surface area contributed by atoms with E-state index in [9.17, 15) is 4.79 Å². The van der Waals surface area contributed by atoms with Gasteiger partial charge in [0, 0.05) is 41.5 Å². The average Bonchev–Trinajstić information content (AvgIpc) is 3.38. The normalized spacial score (nSPS) is 21.2. The number of thiophene rings is 1. The fraction of sp³-hybridized carbons (Fsp3) is 0.450. The Morgan fingerprint density at radius 3 is 2.57 bits per heavy atom. The number of amides is 1. The van der Waals surface area contributed by atoms with Gasteiger partial charge in [0.2, 0.25) is 0 Å². The van der Waals surface area contributed by atoms with Crippen LogP contribution in [0, 0.1) is 32.6 Å². The average molecular weight is 419 g/mol. The molecule has 0 aromatic carbocycles. The van der Waals surface area contributed by atoms with Crippen LogP contribution in [-0.2, 0) is 0 Å². The number of likely N-dealkylation sites (tertiary alicyclic amines) is 1. The summed E-state index contributed by atoms with van der Waals surface area (Å²) in [6, 6.07) is 4.05. The van der Waals surface area contributed by atoms with Gasteiger partial charge in [-0.2, -0.15) is 0 Å². The zero-order chi connectivity index (χ0) is 18.7. The van der Waals surface area contributed by atoms with Gasteiger partial charge in [-0.05, 0) is 44.7 Å². The molecule has 0 unspecified atom stereocenters. The molecule has 0 aliphatic carbocycles. The number of rotatable bonds is 2. The van der Waals surface area contributed by atoms with E-state index < -0.39 is 0 Å². The van der Waals surface area contributed by atoms with E-state index in [1.165, 1.54) is 9.75 Å². The second-order valence-corrected chi connectivity index (χ2v) is 9.18. The summed E-state index contributed by atoms with van der Waals surface area (Å²) in [6.07, 6.45) is 0. The van der Waals surface area contributed by atoms with E-state index in [1.807, 2.05) is 17.9 Å². The predicted octanol–water partition coefficient (Wildman–Crippen LogP) is 3.59. The van der Waals surface area contributed by atoms with Crippen molar-refractivity contribution in [1.29, 1.82) is 0 Å². The Kier molecular flexibility index (Phi) is 4.93. The Morgan fingerprint density at radius 1 is 1.21 bits per heavy atom. The Balaban J connectivity index is 0.00000192. The van der Waals surface area contributed by atoms with Crippen molar-refractivity contribution in [1.82, 2.24) is 20.4 Å². The summed E-state index contributed by atoms with van der Waals surface area (Å²) in [5.74, 6) is 1.20. The second kappa shape index (κ2) is 7.13. The lowest BCUT2D eigenvalue weighted by atomic mass is 10.0. The first-order valence-electron chi connectivity index (χ1n) is 9.35. The number of aromatic nitrogens is 2. The lowest BCUT2D eigenvalue weighted by molar-refractivity contribution is 0.0783. The third-order valence-corrected chi connectivity index (χ3v) is 6.81. The van der Waals surface area contributed by atoms with Gasteiger partial charge in [-0.15, -0.1) is 23.7 Å². The van der Waals surface area contributed by atoms with Crippen molar-refractivity contribution < 1.29 is 9.32 Å². The van der Waals surface area contributed by atoms with Crippen molar-refractivity contribution in [2.24, 2.45) is 11.8 Å². The molecule has 2 aliphatic rings. The highest BCUT2D eigenvalue weighted by Crippen LogP contribution is 2.34. The highest BCUT2D eigenvalue weighted by molar-refractivity contribution is 7.12. The number of carbonyl (C=O) groups excluding carboxylic acids is 1. The van der Waals surface area contributed by atoms with Gasteiger partial charge in [0.25, 0.3) is 11.6 Å². The Labute approximate surface area is 173 Å². The molecule has 2 fully saturated rings. The number of nitrogens with one attached hydrogen (secondary N) is 1. The van der Waals surface area contributed by atoms with Crippen LogP contribution in [0.25, 0.3) is 22.4 Å². The maximum atomic E-state index is 13.4. The van der Waals surface area contributed by atoms with Crippen LogP contribution in [0.3, 0.4) is 0 Å². The van der Waals surface area contributed by atoms with Crippen molar-refractivity contribution >= 4 is 40.8 Å². The number of hydrogen-bond donors (Lipinski definition) is 1. The first-order chi connectivity index (χ1) is 13.0. The maximum Gasteiger partial charge on any atom is 0.259 e. The van der Waals surface area contributed by atoms with E-state index in [1.54, 1.807) is 11.3 Å². The number of pyridine rings is 1. The fourth-order valence-corrected chi connectivity index (χ4v) is 5.41. The number of aryl methyl sites for hydroxylation is 3. The van der Waals surface area contributed by atoms with Crippen LogP contribution < -0.4 is 5.32 Å². The summed E-state index contributed by atoms with van der Waals surface area (Å²) < 4.78 is 5.45. The molecule has 2 saturated heterocycles. The van der Waals surface area contributed by atoms with Crippen molar-refractivity contribution in [3.8, 4) is 11.3 Å². The van der Waals surface area contributed by atoms with Gasteiger partial charge in [0.05, 0.1) is 22.3 Å². The number of hydrogen-bond acceptors (Lipinski definition) is 6. The topological polar surface area (TPSA) is 71.3 Å². The highest BCUT2D eigenvalue weighted by Gasteiger charge is 2.39. The highest BCUT2D eigenvalue weighted by atomic mass is 35.5. The molecule has 0 bridgehead atoms. The Bertz CT molecular complexity index is 1050. The molecular formula is C20H23ClN4O2S. The summed E-state index contributed by atoms with van der Waals surface area (Å²) in [4.78, 5) is 22.5. The van der Waals surface area contributed by atoms with Gasteiger partial charge in [-0.1, -0.05) is 5.16 Å². The fourth-order valence-electron chi connectivity index (χ4n) is 4.48. The van der Waals surface area contributed by atoms with Gasteiger partial charge in [-0.3, -0.25) is 4.79 Å². The quantitative estimate of drug-likeness (QED) is 0.688. The van der Waals surface area contributed by atoms with Crippen LogP contribution in [0.2, 0.25) is 0 Å². The molecule has 5 heterocycles. The van der Waals surface area contributed by atoms with E-state index in [0.29, 0.717) is 28.8 Å². The van der Waals surface area contributed by atoms with E-state index >= 15 is 0 Å². The maximum absolute atomic E-state index is 13.4. The van der Waals surface area contributed by atoms with E-state index in [2.05, 4.69) is 35.4 Å². The van der Waals surface area contributed by atoms with E-state index in [4.69, 9.17) is 4.52 Å². The molecule has 5 rings (SSSR count). The first-order valence-corrected chi connectivity index (χ1v) is 10.2. The Hall–Kier alpha value is -1.96. The van der Waals surface area contributed by atoms with Gasteiger partial charge < -0.3 is 14.7 Å². The van der Waals surface area contributed by atoms with Crippen LogP contribution in [0.1, 0.15) is 25.8 Å². The molecule has 3 aromatic heterocycles. The third-order valence-electron chi connectivity index (χ3n) is 5.84. The molecule has 0 radical (unpaired) electrons. The molecule has 0 saturated carbocycles. The molecule has 6 nitrogen and oxygen atoms in total. The van der Waals surface area contributed by atoms with Gasteiger partial charge >= 0.3 is 0 Å². The summed E-state index contributed by atoms with van der Waals surface area (Å²) in [7, 11) is 0. The van der Waals surface area contributed by atoms with Crippen molar-refractivity contribution in [2.45, 2.75) is 20.8 Å². The first kappa shape index (κ1) is 19.4. The molecule has 148 valence electrons. The van der Waals surface area contributed by atoms with Crippen LogP contribution in [0.4, 0.5) is 0 Å². The standard InChI is InChI=1S/C20H22N4O2S.ClH/c1-10-4-15(12(3)27-10)17-5-16(18-11(2)23-26-19(18)22-17)20(25)24-8-13-6-21-7-14(13)9-24;/h4-5,13-14,21H,6-9H2,1-3H3;1H/t13-,14+;. The molecule has 2 atom stereocenters. The van der Waals surface area contributed by atoms with Crippen molar-refractivity contribution in [3.63, 3.8) is 0 Å². The molecule has 2 aliphatic heterocycles. The Morgan fingerprint density at radius 2 is 1.93 bits per heavy atom. The minimum Gasteiger partial charge on any atom is -0.338 e. The number of nitrogens with zero attached hydrogens (tertiary/aromatic N) is 3. The molecule has 1 amide bonds. The van der Waals surface area contributed by atoms with Crippen molar-refractivity contribution in [2.75, 3.05) is 26.2 Å². The van der Waals surface area contributed by atoms with Gasteiger partial charge in [0.15, 0.2) is 0 Å². The molecular weight excluding hydrogens is 396 g/mol. The largest absolute Gasteiger partial charge is 0.338 e. The van der Waals surface area contributed by atoms with Gasteiger partial charge in [-0.25, -0.2) is 4.98 Å². The van der Waals surface area contributed by atoms with Crippen LogP contribution in [0.5, 0.6) is 0 Å². The predicted molar refractivity (Wildman–Crippen MR) is 112 cm³/mol. The van der Waals surface area contributed by atoms with Gasteiger partial charge in [0.1, 0.15) is 0 Å². The molecule has 3 aromatic rings. The summed E-state index contributed by atoms with van der Waals surface area (Å²) in [6.45, 7) is 9.68. The zero-order valence-electron chi connectivity index (χ0n) is 16.1. The molecule has 8 heteroatoms. The van der Waals surface area contributed by atoms with Crippen LogP contribution in [0.15, 0.2) is 16.7 Å². The smallest absolute Gasteiger partial charge is 0.259 e. The number of halogens is 1. The summed E-state index contributed by atoms with van der Waals surface area (Å²) >= 11 is 1.74. The van der Waals surface area contributed by atoms with Crippen LogP contribution >= 0.6 is 23.7 Å². The summed E-state index contributed by atoms with van der Waals surface area (Å²) in [5, 5.41) is 8.23. The minimum atomic E-state index is 0. The third kappa shape index (κ3) is 3.02. The molecule has 0 spiro atoms. The zero-order valence-corrected chi connectivity index (χ0v) is 17.7. The number of fused-ring (bicyclic) bond motifs is 2.